The standard InChI is InChI=1S/C11H23NS2/c12-14-13-10-6-2-5-9-11-7-3-1-4-8-11/h11H,1-10,12H2. The molecule has 14 heavy (non-hydrogen) atoms. The fourth-order valence-electron chi connectivity index (χ4n) is 2.29. The van der Waals surface area contributed by atoms with Crippen LogP contribution >= 0.6 is 21.8 Å². The van der Waals surface area contributed by atoms with Crippen molar-refractivity contribution in [3.05, 3.63) is 0 Å². The van der Waals surface area contributed by atoms with Gasteiger partial charge in [0.15, 0.2) is 0 Å². The zero-order chi connectivity index (χ0) is 10.1. The SMILES string of the molecule is NSSCCCCCC1CCCCC1. The summed E-state index contributed by atoms with van der Waals surface area (Å²) < 4.78 is 0. The fourth-order valence-corrected chi connectivity index (χ4v) is 3.36. The van der Waals surface area contributed by atoms with Crippen LogP contribution in [0, 0.1) is 5.92 Å². The fraction of sp³-hybridized carbons (Fsp3) is 1.00. The van der Waals surface area contributed by atoms with Crippen molar-refractivity contribution in [3.63, 3.8) is 0 Å². The third-order valence-corrected chi connectivity index (χ3v) is 4.63. The second-order valence-electron chi connectivity index (χ2n) is 4.27. The minimum Gasteiger partial charge on any atom is -0.268 e. The predicted molar refractivity (Wildman–Crippen MR) is 69.3 cm³/mol. The molecular weight excluding hydrogens is 210 g/mol. The van der Waals surface area contributed by atoms with Gasteiger partial charge in [0.25, 0.3) is 0 Å². The van der Waals surface area contributed by atoms with Crippen LogP contribution < -0.4 is 5.14 Å². The van der Waals surface area contributed by atoms with Gasteiger partial charge < -0.3 is 0 Å². The summed E-state index contributed by atoms with van der Waals surface area (Å²) in [5.41, 5.74) is 0. The molecular formula is C11H23NS2. The van der Waals surface area contributed by atoms with E-state index in [9.17, 15) is 0 Å². The Morgan fingerprint density at radius 1 is 1.00 bits per heavy atom. The molecule has 0 atom stereocenters. The minimum absolute atomic E-state index is 1.07. The van der Waals surface area contributed by atoms with Crippen molar-refractivity contribution in [2.24, 2.45) is 11.1 Å². The van der Waals surface area contributed by atoms with E-state index in [4.69, 9.17) is 5.14 Å². The van der Waals surface area contributed by atoms with E-state index in [2.05, 4.69) is 0 Å². The first-order chi connectivity index (χ1) is 6.93. The number of rotatable bonds is 7. The van der Waals surface area contributed by atoms with Crippen LogP contribution in [0.1, 0.15) is 57.8 Å². The Morgan fingerprint density at radius 2 is 1.79 bits per heavy atom. The van der Waals surface area contributed by atoms with Gasteiger partial charge in [-0.25, -0.2) is 0 Å². The molecule has 0 spiro atoms. The van der Waals surface area contributed by atoms with Gasteiger partial charge in [0, 0.05) is 5.75 Å². The Balaban J connectivity index is 1.82. The molecule has 1 aliphatic rings. The molecule has 0 aliphatic heterocycles. The summed E-state index contributed by atoms with van der Waals surface area (Å²) in [4.78, 5) is 0. The van der Waals surface area contributed by atoms with E-state index in [0.29, 0.717) is 0 Å². The van der Waals surface area contributed by atoms with Crippen LogP contribution in [0.15, 0.2) is 0 Å². The summed E-state index contributed by atoms with van der Waals surface area (Å²) >= 11 is 0. The van der Waals surface area contributed by atoms with Crippen LogP contribution in [0.25, 0.3) is 0 Å². The molecule has 0 aromatic rings. The molecule has 84 valence electrons. The first-order valence-electron chi connectivity index (χ1n) is 5.92. The van der Waals surface area contributed by atoms with E-state index >= 15 is 0 Å². The van der Waals surface area contributed by atoms with Crippen LogP contribution in [0.4, 0.5) is 0 Å². The lowest BCUT2D eigenvalue weighted by Crippen LogP contribution is -2.05. The molecule has 3 heteroatoms. The number of hydrogen-bond donors (Lipinski definition) is 1. The molecule has 0 aromatic heterocycles. The lowest BCUT2D eigenvalue weighted by atomic mass is 9.86. The van der Waals surface area contributed by atoms with E-state index in [0.717, 1.165) is 5.92 Å². The van der Waals surface area contributed by atoms with Crippen LogP contribution in [-0.4, -0.2) is 5.75 Å². The van der Waals surface area contributed by atoms with E-state index in [1.807, 2.05) is 0 Å². The normalized spacial score (nSPS) is 18.6. The van der Waals surface area contributed by atoms with Gasteiger partial charge in [0.05, 0.1) is 0 Å². The number of unbranched alkanes of at least 4 members (excludes halogenated alkanes) is 2. The summed E-state index contributed by atoms with van der Waals surface area (Å²) in [6, 6.07) is 0. The van der Waals surface area contributed by atoms with Crippen molar-refractivity contribution in [1.82, 2.24) is 0 Å². The summed E-state index contributed by atoms with van der Waals surface area (Å²) in [6.45, 7) is 0. The molecule has 1 aliphatic carbocycles. The maximum atomic E-state index is 5.34. The maximum absolute atomic E-state index is 5.34. The van der Waals surface area contributed by atoms with Gasteiger partial charge in [0.1, 0.15) is 0 Å². The average Bonchev–Trinajstić information content (AvgIpc) is 2.25. The second-order valence-corrected chi connectivity index (χ2v) is 6.39. The lowest BCUT2D eigenvalue weighted by Gasteiger charge is -2.21. The van der Waals surface area contributed by atoms with E-state index in [1.165, 1.54) is 74.5 Å². The van der Waals surface area contributed by atoms with Crippen molar-refractivity contribution in [2.75, 3.05) is 5.75 Å². The van der Waals surface area contributed by atoms with Crippen LogP contribution in [0.2, 0.25) is 0 Å². The van der Waals surface area contributed by atoms with E-state index in [-0.39, 0.29) is 0 Å². The predicted octanol–water partition coefficient (Wildman–Crippen LogP) is 4.38. The molecule has 1 nitrogen and oxygen atoms in total. The van der Waals surface area contributed by atoms with Gasteiger partial charge in [0.2, 0.25) is 0 Å². The van der Waals surface area contributed by atoms with Gasteiger partial charge in [-0.15, -0.1) is 0 Å². The van der Waals surface area contributed by atoms with Crippen molar-refractivity contribution in [3.8, 4) is 0 Å². The molecule has 0 unspecified atom stereocenters. The molecule has 0 amide bonds. The van der Waals surface area contributed by atoms with Gasteiger partial charge in [-0.1, -0.05) is 62.2 Å². The highest BCUT2D eigenvalue weighted by Crippen LogP contribution is 2.28. The number of nitrogens with two attached hydrogens (primary N) is 1. The molecule has 0 saturated heterocycles. The van der Waals surface area contributed by atoms with Crippen molar-refractivity contribution < 1.29 is 0 Å². The monoisotopic (exact) mass is 233 g/mol. The highest BCUT2D eigenvalue weighted by Gasteiger charge is 2.12. The summed E-state index contributed by atoms with van der Waals surface area (Å²) in [6.07, 6.45) is 13.2. The highest BCUT2D eigenvalue weighted by molar-refractivity contribution is 8.75. The Bertz CT molecular complexity index is 124. The smallest absolute Gasteiger partial charge is 0.00493 e. The topological polar surface area (TPSA) is 26.0 Å². The quantitative estimate of drug-likeness (QED) is 0.401. The Kier molecular flexibility index (Phi) is 8.12. The van der Waals surface area contributed by atoms with Crippen LogP contribution in [0.5, 0.6) is 0 Å². The van der Waals surface area contributed by atoms with Gasteiger partial charge in [-0.2, -0.15) is 0 Å². The van der Waals surface area contributed by atoms with Crippen molar-refractivity contribution >= 4 is 21.8 Å². The molecule has 1 rings (SSSR count). The summed E-state index contributed by atoms with van der Waals surface area (Å²) in [5, 5.41) is 5.34. The summed E-state index contributed by atoms with van der Waals surface area (Å²) in [7, 11) is 3.19. The molecule has 1 fully saturated rings. The Hall–Kier alpha value is 0.660. The molecule has 1 saturated carbocycles. The Labute approximate surface area is 96.5 Å². The largest absolute Gasteiger partial charge is 0.268 e. The van der Waals surface area contributed by atoms with Crippen LogP contribution in [0.3, 0.4) is 0 Å². The molecule has 2 N–H and O–H groups in total. The van der Waals surface area contributed by atoms with Gasteiger partial charge >= 0.3 is 0 Å². The molecule has 0 radical (unpaired) electrons. The Morgan fingerprint density at radius 3 is 2.50 bits per heavy atom. The maximum Gasteiger partial charge on any atom is 0.00493 e. The molecule has 0 bridgehead atoms. The minimum atomic E-state index is 1.07. The van der Waals surface area contributed by atoms with E-state index < -0.39 is 0 Å². The summed E-state index contributed by atoms with van der Waals surface area (Å²) in [5.74, 6) is 2.30. The zero-order valence-electron chi connectivity index (χ0n) is 9.04. The molecule has 0 aromatic carbocycles. The second kappa shape index (κ2) is 8.93. The van der Waals surface area contributed by atoms with E-state index in [1.54, 1.807) is 10.8 Å². The van der Waals surface area contributed by atoms with Crippen molar-refractivity contribution in [2.45, 2.75) is 57.8 Å². The highest BCUT2D eigenvalue weighted by atomic mass is 33.1. The first kappa shape index (κ1) is 12.7. The number of hydrogen-bond acceptors (Lipinski definition) is 3. The average molecular weight is 233 g/mol. The molecule has 0 heterocycles. The van der Waals surface area contributed by atoms with Gasteiger partial charge in [-0.3, -0.25) is 5.14 Å². The van der Waals surface area contributed by atoms with Gasteiger partial charge in [-0.05, 0) is 23.3 Å². The first-order valence-corrected chi connectivity index (χ1v) is 8.30. The van der Waals surface area contributed by atoms with Crippen molar-refractivity contribution in [1.29, 1.82) is 0 Å². The third-order valence-electron chi connectivity index (χ3n) is 3.13. The van der Waals surface area contributed by atoms with Crippen LogP contribution in [-0.2, 0) is 0 Å². The lowest BCUT2D eigenvalue weighted by molar-refractivity contribution is 0.329. The third kappa shape index (κ3) is 6.20. The zero-order valence-corrected chi connectivity index (χ0v) is 10.7.